The van der Waals surface area contributed by atoms with E-state index in [0.717, 1.165) is 31.5 Å². The van der Waals surface area contributed by atoms with Crippen LogP contribution in [0.1, 0.15) is 35.9 Å². The normalized spacial score (nSPS) is 16.2. The maximum absolute atomic E-state index is 11.6. The Kier molecular flexibility index (Phi) is 6.31. The number of aromatic nitrogens is 3. The first kappa shape index (κ1) is 20.7. The van der Waals surface area contributed by atoms with Gasteiger partial charge < -0.3 is 14.6 Å². The van der Waals surface area contributed by atoms with Crippen molar-refractivity contribution in [1.82, 2.24) is 20.0 Å². The molecule has 1 aliphatic heterocycles. The number of pyridine rings is 1. The van der Waals surface area contributed by atoms with Crippen molar-refractivity contribution in [1.29, 1.82) is 5.26 Å². The standard InChI is InChI=1S/C22H22N6O3/c1-30-14-20(29)25-19-8-7-17(12-24-19)21-26-22(31-27-21)18-6-3-9-28(18)13-16-5-2-4-15(10-16)11-23/h2,4-5,7-8,10,12,18H,3,6,9,13-14H2,1H3,(H,24,25,29)/t18-/m0/s1. The second-order valence-electron chi connectivity index (χ2n) is 7.31. The minimum Gasteiger partial charge on any atom is -0.375 e. The quantitative estimate of drug-likeness (QED) is 0.622. The SMILES string of the molecule is COCC(=O)Nc1ccc(-c2noc([C@@H]3CCCN3Cc3cccc(C#N)c3)n2)cn1. The summed E-state index contributed by atoms with van der Waals surface area (Å²) < 4.78 is 10.4. The number of ether oxygens (including phenoxy) is 1. The van der Waals surface area contributed by atoms with Gasteiger partial charge in [0.2, 0.25) is 11.7 Å². The minimum absolute atomic E-state index is 0.0314. The molecular weight excluding hydrogens is 396 g/mol. The van der Waals surface area contributed by atoms with Gasteiger partial charge in [0.25, 0.3) is 5.91 Å². The molecule has 31 heavy (non-hydrogen) atoms. The average molecular weight is 418 g/mol. The molecule has 1 atom stereocenters. The van der Waals surface area contributed by atoms with Gasteiger partial charge in [-0.25, -0.2) is 4.98 Å². The van der Waals surface area contributed by atoms with E-state index in [-0.39, 0.29) is 18.6 Å². The van der Waals surface area contributed by atoms with Crippen LogP contribution in [0.15, 0.2) is 47.1 Å². The number of nitrogens with one attached hydrogen (secondary N) is 1. The second-order valence-corrected chi connectivity index (χ2v) is 7.31. The van der Waals surface area contributed by atoms with Crippen molar-refractivity contribution in [3.05, 3.63) is 59.6 Å². The van der Waals surface area contributed by atoms with Gasteiger partial charge in [0.1, 0.15) is 12.4 Å². The number of benzene rings is 1. The number of nitrogens with zero attached hydrogens (tertiary/aromatic N) is 5. The van der Waals surface area contributed by atoms with Gasteiger partial charge in [0.05, 0.1) is 17.7 Å². The van der Waals surface area contributed by atoms with Crippen LogP contribution in [0.3, 0.4) is 0 Å². The summed E-state index contributed by atoms with van der Waals surface area (Å²) in [6.07, 6.45) is 3.57. The van der Waals surface area contributed by atoms with Gasteiger partial charge in [-0.15, -0.1) is 0 Å². The lowest BCUT2D eigenvalue weighted by Gasteiger charge is -2.21. The van der Waals surface area contributed by atoms with Gasteiger partial charge in [-0.05, 0) is 49.2 Å². The fourth-order valence-corrected chi connectivity index (χ4v) is 3.67. The van der Waals surface area contributed by atoms with E-state index in [1.165, 1.54) is 7.11 Å². The van der Waals surface area contributed by atoms with Gasteiger partial charge in [-0.3, -0.25) is 9.69 Å². The van der Waals surface area contributed by atoms with E-state index >= 15 is 0 Å². The highest BCUT2D eigenvalue weighted by Crippen LogP contribution is 2.33. The molecule has 3 heterocycles. The number of methoxy groups -OCH3 is 1. The van der Waals surface area contributed by atoms with Crippen LogP contribution in [-0.2, 0) is 16.1 Å². The topological polar surface area (TPSA) is 117 Å². The lowest BCUT2D eigenvalue weighted by atomic mass is 10.1. The van der Waals surface area contributed by atoms with Crippen molar-refractivity contribution in [3.8, 4) is 17.5 Å². The molecule has 1 amide bonds. The first-order valence-corrected chi connectivity index (χ1v) is 9.98. The Morgan fingerprint density at radius 1 is 1.39 bits per heavy atom. The van der Waals surface area contributed by atoms with Crippen molar-refractivity contribution >= 4 is 11.7 Å². The summed E-state index contributed by atoms with van der Waals surface area (Å²) in [7, 11) is 1.46. The first-order chi connectivity index (χ1) is 15.2. The third-order valence-corrected chi connectivity index (χ3v) is 5.10. The first-order valence-electron chi connectivity index (χ1n) is 9.98. The molecule has 3 aromatic rings. The van der Waals surface area contributed by atoms with Crippen molar-refractivity contribution in [2.45, 2.75) is 25.4 Å². The lowest BCUT2D eigenvalue weighted by molar-refractivity contribution is -0.119. The number of carbonyl (C=O) groups excluding carboxylic acids is 1. The largest absolute Gasteiger partial charge is 0.375 e. The van der Waals surface area contributed by atoms with E-state index in [9.17, 15) is 4.79 Å². The monoisotopic (exact) mass is 418 g/mol. The van der Waals surface area contributed by atoms with Crippen LogP contribution in [0, 0.1) is 11.3 Å². The van der Waals surface area contributed by atoms with E-state index in [1.807, 2.05) is 18.2 Å². The van der Waals surface area contributed by atoms with Crippen molar-refractivity contribution < 1.29 is 14.1 Å². The number of hydrogen-bond acceptors (Lipinski definition) is 8. The molecule has 0 spiro atoms. The number of carbonyl (C=O) groups is 1. The molecule has 9 heteroatoms. The molecule has 1 aromatic carbocycles. The summed E-state index contributed by atoms with van der Waals surface area (Å²) in [5.74, 6) is 1.18. The number of amides is 1. The summed E-state index contributed by atoms with van der Waals surface area (Å²) in [6, 6.07) is 13.3. The fourth-order valence-electron chi connectivity index (χ4n) is 3.67. The van der Waals surface area contributed by atoms with E-state index in [4.69, 9.17) is 14.5 Å². The number of hydrogen-bond donors (Lipinski definition) is 1. The molecule has 0 bridgehead atoms. The number of rotatable bonds is 7. The summed E-state index contributed by atoms with van der Waals surface area (Å²) in [5, 5.41) is 15.9. The van der Waals surface area contributed by atoms with Crippen LogP contribution in [-0.4, -0.2) is 46.2 Å². The smallest absolute Gasteiger partial charge is 0.251 e. The van der Waals surface area contributed by atoms with Crippen LogP contribution >= 0.6 is 0 Å². The van der Waals surface area contributed by atoms with Gasteiger partial charge >= 0.3 is 0 Å². The summed E-state index contributed by atoms with van der Waals surface area (Å²) >= 11 is 0. The molecule has 1 aliphatic rings. The summed E-state index contributed by atoms with van der Waals surface area (Å²) in [6.45, 7) is 1.61. The maximum atomic E-state index is 11.6. The van der Waals surface area contributed by atoms with E-state index in [0.29, 0.717) is 28.7 Å². The molecule has 1 fully saturated rings. The Morgan fingerprint density at radius 2 is 2.29 bits per heavy atom. The Bertz CT molecular complexity index is 1090. The van der Waals surface area contributed by atoms with E-state index in [2.05, 4.69) is 31.4 Å². The summed E-state index contributed by atoms with van der Waals surface area (Å²) in [4.78, 5) is 22.7. The molecule has 1 N–H and O–H groups in total. The highest BCUT2D eigenvalue weighted by molar-refractivity contribution is 5.90. The lowest BCUT2D eigenvalue weighted by Crippen LogP contribution is -2.23. The molecule has 9 nitrogen and oxygen atoms in total. The highest BCUT2D eigenvalue weighted by Gasteiger charge is 2.31. The molecule has 0 saturated carbocycles. The zero-order valence-electron chi connectivity index (χ0n) is 17.1. The predicted octanol–water partition coefficient (Wildman–Crippen LogP) is 2.93. The zero-order chi connectivity index (χ0) is 21.6. The predicted molar refractivity (Wildman–Crippen MR) is 112 cm³/mol. The van der Waals surface area contributed by atoms with Crippen LogP contribution in [0.2, 0.25) is 0 Å². The molecular formula is C22H22N6O3. The zero-order valence-corrected chi connectivity index (χ0v) is 17.1. The minimum atomic E-state index is -0.272. The molecule has 0 unspecified atom stereocenters. The van der Waals surface area contributed by atoms with Gasteiger partial charge in [0.15, 0.2) is 0 Å². The highest BCUT2D eigenvalue weighted by atomic mass is 16.5. The molecule has 158 valence electrons. The third-order valence-electron chi connectivity index (χ3n) is 5.10. The third kappa shape index (κ3) is 4.94. The van der Waals surface area contributed by atoms with Crippen molar-refractivity contribution in [3.63, 3.8) is 0 Å². The number of nitriles is 1. The number of anilines is 1. The maximum Gasteiger partial charge on any atom is 0.251 e. The number of likely N-dealkylation sites (tertiary alicyclic amines) is 1. The van der Waals surface area contributed by atoms with E-state index < -0.39 is 0 Å². The molecule has 4 rings (SSSR count). The molecule has 0 radical (unpaired) electrons. The second kappa shape index (κ2) is 9.47. The van der Waals surface area contributed by atoms with Crippen molar-refractivity contribution in [2.24, 2.45) is 0 Å². The van der Waals surface area contributed by atoms with Crippen LogP contribution in [0.25, 0.3) is 11.4 Å². The Morgan fingerprint density at radius 3 is 3.06 bits per heavy atom. The van der Waals surface area contributed by atoms with E-state index in [1.54, 1.807) is 24.4 Å². The Hall–Kier alpha value is -3.61. The average Bonchev–Trinajstić information content (AvgIpc) is 3.44. The van der Waals surface area contributed by atoms with Gasteiger partial charge in [0, 0.05) is 25.4 Å². The van der Waals surface area contributed by atoms with Crippen molar-refractivity contribution in [2.75, 3.05) is 25.6 Å². The van der Waals surface area contributed by atoms with Crippen LogP contribution in [0.5, 0.6) is 0 Å². The summed E-state index contributed by atoms with van der Waals surface area (Å²) in [5.41, 5.74) is 2.44. The van der Waals surface area contributed by atoms with Crippen LogP contribution < -0.4 is 5.32 Å². The Balaban J connectivity index is 1.45. The van der Waals surface area contributed by atoms with Crippen LogP contribution in [0.4, 0.5) is 5.82 Å². The fraction of sp³-hybridized carbons (Fsp3) is 0.318. The van der Waals surface area contributed by atoms with Gasteiger partial charge in [-0.2, -0.15) is 10.2 Å². The van der Waals surface area contributed by atoms with Gasteiger partial charge in [-0.1, -0.05) is 17.3 Å². The molecule has 0 aliphatic carbocycles. The Labute approximate surface area is 179 Å². The molecule has 1 saturated heterocycles. The molecule has 2 aromatic heterocycles.